The fraction of sp³-hybridized carbons (Fsp3) is 0.0909. The van der Waals surface area contributed by atoms with Crippen LogP contribution < -0.4 is 15.4 Å². The number of carbonyl (C=O) groups is 2. The third-order valence-corrected chi connectivity index (χ3v) is 3.86. The Balaban J connectivity index is 1.64. The second kappa shape index (κ2) is 8.81. The number of nitrogens with one attached hydrogen (secondary N) is 2. The van der Waals surface area contributed by atoms with Crippen molar-refractivity contribution in [3.05, 3.63) is 89.7 Å². The van der Waals surface area contributed by atoms with Crippen LogP contribution in [0, 0.1) is 5.82 Å². The van der Waals surface area contributed by atoms with Gasteiger partial charge in [-0.05, 0) is 48.0 Å². The van der Waals surface area contributed by atoms with Crippen molar-refractivity contribution in [1.29, 1.82) is 0 Å². The molecule has 0 aliphatic rings. The molecule has 0 fully saturated rings. The number of hydrogen-bond acceptors (Lipinski definition) is 3. The third-order valence-electron chi connectivity index (χ3n) is 3.86. The van der Waals surface area contributed by atoms with Gasteiger partial charge in [0, 0.05) is 29.9 Å². The van der Waals surface area contributed by atoms with Gasteiger partial charge >= 0.3 is 0 Å². The van der Waals surface area contributed by atoms with Gasteiger partial charge in [0.15, 0.2) is 0 Å². The molecule has 0 aliphatic heterocycles. The maximum absolute atomic E-state index is 12.9. The van der Waals surface area contributed by atoms with Crippen molar-refractivity contribution in [3.8, 4) is 5.75 Å². The predicted molar refractivity (Wildman–Crippen MR) is 106 cm³/mol. The van der Waals surface area contributed by atoms with E-state index < -0.39 is 0 Å². The van der Waals surface area contributed by atoms with E-state index in [0.29, 0.717) is 22.7 Å². The monoisotopic (exact) mass is 378 g/mol. The van der Waals surface area contributed by atoms with Crippen molar-refractivity contribution < 1.29 is 18.7 Å². The number of halogens is 1. The van der Waals surface area contributed by atoms with Crippen molar-refractivity contribution in [3.63, 3.8) is 0 Å². The summed E-state index contributed by atoms with van der Waals surface area (Å²) < 4.78 is 18.7. The zero-order valence-electron chi connectivity index (χ0n) is 15.2. The lowest BCUT2D eigenvalue weighted by Gasteiger charge is -2.10. The largest absolute Gasteiger partial charge is 0.489 e. The van der Waals surface area contributed by atoms with E-state index in [1.165, 1.54) is 19.1 Å². The van der Waals surface area contributed by atoms with Gasteiger partial charge in [0.25, 0.3) is 5.91 Å². The molecule has 0 saturated carbocycles. The second-order valence-electron chi connectivity index (χ2n) is 6.16. The summed E-state index contributed by atoms with van der Waals surface area (Å²) >= 11 is 0. The Morgan fingerprint density at radius 1 is 0.893 bits per heavy atom. The van der Waals surface area contributed by atoms with E-state index in [9.17, 15) is 14.0 Å². The van der Waals surface area contributed by atoms with Crippen molar-refractivity contribution in [2.45, 2.75) is 13.5 Å². The van der Waals surface area contributed by atoms with Crippen LogP contribution in [0.1, 0.15) is 22.8 Å². The first-order chi connectivity index (χ1) is 13.5. The van der Waals surface area contributed by atoms with E-state index in [-0.39, 0.29) is 24.2 Å². The van der Waals surface area contributed by atoms with E-state index in [0.717, 1.165) is 5.56 Å². The Hall–Kier alpha value is -3.67. The predicted octanol–water partition coefficient (Wildman–Crippen LogP) is 4.62. The molecule has 0 spiro atoms. The average molecular weight is 378 g/mol. The van der Waals surface area contributed by atoms with Crippen LogP contribution >= 0.6 is 0 Å². The maximum Gasteiger partial charge on any atom is 0.255 e. The summed E-state index contributed by atoms with van der Waals surface area (Å²) in [6.45, 7) is 1.70. The SMILES string of the molecule is CC(=O)Nc1cccc(C(=O)Nc2cccc(OCc3ccc(F)cc3)c2)c1. The lowest BCUT2D eigenvalue weighted by Crippen LogP contribution is -2.13. The summed E-state index contributed by atoms with van der Waals surface area (Å²) in [4.78, 5) is 23.6. The summed E-state index contributed by atoms with van der Waals surface area (Å²) in [6.07, 6.45) is 0. The molecule has 0 aliphatic carbocycles. The van der Waals surface area contributed by atoms with Crippen LogP contribution in [0.4, 0.5) is 15.8 Å². The molecule has 0 atom stereocenters. The fourth-order valence-corrected chi connectivity index (χ4v) is 2.56. The van der Waals surface area contributed by atoms with Gasteiger partial charge in [0.05, 0.1) is 0 Å². The van der Waals surface area contributed by atoms with Crippen molar-refractivity contribution in [2.75, 3.05) is 10.6 Å². The van der Waals surface area contributed by atoms with Gasteiger partial charge in [-0.25, -0.2) is 4.39 Å². The van der Waals surface area contributed by atoms with E-state index in [4.69, 9.17) is 4.74 Å². The van der Waals surface area contributed by atoms with Crippen LogP contribution in [0.5, 0.6) is 5.75 Å². The summed E-state index contributed by atoms with van der Waals surface area (Å²) in [5.74, 6) is -0.225. The minimum Gasteiger partial charge on any atom is -0.489 e. The standard InChI is InChI=1S/C22H19FN2O3/c1-15(26)24-19-5-2-4-17(12-19)22(27)25-20-6-3-7-21(13-20)28-14-16-8-10-18(23)11-9-16/h2-13H,14H2,1H3,(H,24,26)(H,25,27). The molecule has 3 aromatic carbocycles. The van der Waals surface area contributed by atoms with E-state index >= 15 is 0 Å². The molecule has 0 bridgehead atoms. The third kappa shape index (κ3) is 5.41. The summed E-state index contributed by atoms with van der Waals surface area (Å²) in [7, 11) is 0. The molecule has 3 rings (SSSR count). The summed E-state index contributed by atoms with van der Waals surface area (Å²) in [5, 5.41) is 5.45. The Labute approximate surface area is 162 Å². The Bertz CT molecular complexity index is 987. The van der Waals surface area contributed by atoms with Gasteiger partial charge in [-0.1, -0.05) is 24.3 Å². The molecule has 3 aromatic rings. The minimum absolute atomic E-state index is 0.205. The molecule has 0 unspecified atom stereocenters. The molecule has 0 saturated heterocycles. The topological polar surface area (TPSA) is 67.4 Å². The number of benzene rings is 3. The van der Waals surface area contributed by atoms with Gasteiger partial charge in [0.2, 0.25) is 5.91 Å². The molecule has 0 radical (unpaired) electrons. The first-order valence-corrected chi connectivity index (χ1v) is 8.66. The fourth-order valence-electron chi connectivity index (χ4n) is 2.56. The summed E-state index contributed by atoms with van der Waals surface area (Å²) in [6, 6.07) is 19.7. The zero-order valence-corrected chi connectivity index (χ0v) is 15.2. The van der Waals surface area contributed by atoms with Gasteiger partial charge in [-0.2, -0.15) is 0 Å². The summed E-state index contributed by atoms with van der Waals surface area (Å²) in [5.41, 5.74) is 2.39. The number of carbonyl (C=O) groups excluding carboxylic acids is 2. The normalized spacial score (nSPS) is 10.2. The second-order valence-corrected chi connectivity index (χ2v) is 6.16. The number of amides is 2. The average Bonchev–Trinajstić information content (AvgIpc) is 2.67. The quantitative estimate of drug-likeness (QED) is 0.658. The molecule has 2 N–H and O–H groups in total. The number of rotatable bonds is 6. The number of anilines is 2. The lowest BCUT2D eigenvalue weighted by molar-refractivity contribution is -0.114. The van der Waals surface area contributed by atoms with E-state index in [1.807, 2.05) is 0 Å². The van der Waals surface area contributed by atoms with Crippen LogP contribution in [-0.4, -0.2) is 11.8 Å². The Morgan fingerprint density at radius 3 is 2.29 bits per heavy atom. The molecule has 0 heterocycles. The van der Waals surface area contributed by atoms with Crippen molar-refractivity contribution in [2.24, 2.45) is 0 Å². The van der Waals surface area contributed by atoms with Gasteiger partial charge in [-0.3, -0.25) is 9.59 Å². The molecule has 28 heavy (non-hydrogen) atoms. The van der Waals surface area contributed by atoms with E-state index in [2.05, 4.69) is 10.6 Å². The van der Waals surface area contributed by atoms with E-state index in [1.54, 1.807) is 60.7 Å². The Kier molecular flexibility index (Phi) is 6.01. The highest BCUT2D eigenvalue weighted by Gasteiger charge is 2.08. The molecule has 142 valence electrons. The molecular weight excluding hydrogens is 359 g/mol. The maximum atomic E-state index is 12.9. The number of ether oxygens (including phenoxy) is 1. The smallest absolute Gasteiger partial charge is 0.255 e. The minimum atomic E-state index is -0.303. The lowest BCUT2D eigenvalue weighted by atomic mass is 10.1. The zero-order chi connectivity index (χ0) is 19.9. The van der Waals surface area contributed by atoms with Crippen LogP contribution in [-0.2, 0) is 11.4 Å². The van der Waals surface area contributed by atoms with Crippen LogP contribution in [0.2, 0.25) is 0 Å². The van der Waals surface area contributed by atoms with Crippen molar-refractivity contribution in [1.82, 2.24) is 0 Å². The number of hydrogen-bond donors (Lipinski definition) is 2. The van der Waals surface area contributed by atoms with Crippen LogP contribution in [0.15, 0.2) is 72.8 Å². The molecule has 2 amide bonds. The van der Waals surface area contributed by atoms with Gasteiger partial charge < -0.3 is 15.4 Å². The molecule has 0 aromatic heterocycles. The van der Waals surface area contributed by atoms with Crippen LogP contribution in [0.25, 0.3) is 0 Å². The highest BCUT2D eigenvalue weighted by atomic mass is 19.1. The molecular formula is C22H19FN2O3. The Morgan fingerprint density at radius 2 is 1.57 bits per heavy atom. The highest BCUT2D eigenvalue weighted by molar-refractivity contribution is 6.05. The highest BCUT2D eigenvalue weighted by Crippen LogP contribution is 2.20. The first-order valence-electron chi connectivity index (χ1n) is 8.66. The van der Waals surface area contributed by atoms with Crippen LogP contribution in [0.3, 0.4) is 0 Å². The van der Waals surface area contributed by atoms with Gasteiger partial charge in [0.1, 0.15) is 18.2 Å². The molecule has 6 heteroatoms. The van der Waals surface area contributed by atoms with Gasteiger partial charge in [-0.15, -0.1) is 0 Å². The first kappa shape index (κ1) is 19.1. The molecule has 5 nitrogen and oxygen atoms in total. The van der Waals surface area contributed by atoms with Crippen molar-refractivity contribution >= 4 is 23.2 Å².